The summed E-state index contributed by atoms with van der Waals surface area (Å²) in [5.74, 6) is 1.05. The van der Waals surface area contributed by atoms with Crippen molar-refractivity contribution in [3.05, 3.63) is 29.8 Å². The van der Waals surface area contributed by atoms with Crippen molar-refractivity contribution in [1.82, 2.24) is 5.32 Å². The Kier molecular flexibility index (Phi) is 5.36. The monoisotopic (exact) mass is 344 g/mol. The van der Waals surface area contributed by atoms with Crippen LogP contribution in [-0.2, 0) is 14.3 Å². The topological polar surface area (TPSA) is 84.5 Å². The van der Waals surface area contributed by atoms with Gasteiger partial charge in [-0.15, -0.1) is 0 Å². The fourth-order valence-electron chi connectivity index (χ4n) is 4.09. The molecule has 2 saturated carbocycles. The Labute approximate surface area is 147 Å². The predicted octanol–water partition coefficient (Wildman–Crippen LogP) is 2.35. The van der Waals surface area contributed by atoms with Crippen molar-refractivity contribution in [2.75, 3.05) is 19.0 Å². The molecule has 2 amide bonds. The fraction of sp³-hybridized carbons (Fsp3) is 0.526. The van der Waals surface area contributed by atoms with Crippen LogP contribution in [0, 0.1) is 17.8 Å². The summed E-state index contributed by atoms with van der Waals surface area (Å²) in [6, 6.07) is 6.52. The predicted molar refractivity (Wildman–Crippen MR) is 93.0 cm³/mol. The molecule has 2 fully saturated rings. The molecule has 0 radical (unpaired) electrons. The summed E-state index contributed by atoms with van der Waals surface area (Å²) in [6.45, 7) is -0.281. The minimum atomic E-state index is -0.381. The molecule has 2 aliphatic rings. The summed E-state index contributed by atoms with van der Waals surface area (Å²) in [6.07, 6.45) is 5.34. The Balaban J connectivity index is 1.40. The molecular weight excluding hydrogens is 320 g/mol. The molecule has 2 N–H and O–H groups in total. The van der Waals surface area contributed by atoms with E-state index >= 15 is 0 Å². The number of esters is 1. The third-order valence-electron chi connectivity index (χ3n) is 5.34. The van der Waals surface area contributed by atoms with Crippen LogP contribution in [0.4, 0.5) is 5.69 Å². The lowest BCUT2D eigenvalue weighted by atomic mass is 9.86. The van der Waals surface area contributed by atoms with E-state index in [1.54, 1.807) is 31.3 Å². The average Bonchev–Trinajstić information content (AvgIpc) is 3.23. The van der Waals surface area contributed by atoms with Crippen LogP contribution in [0.5, 0.6) is 0 Å². The highest BCUT2D eigenvalue weighted by atomic mass is 16.5. The second-order valence-electron chi connectivity index (χ2n) is 7.00. The Morgan fingerprint density at radius 2 is 1.88 bits per heavy atom. The number of carbonyl (C=O) groups is 3. The number of anilines is 1. The van der Waals surface area contributed by atoms with E-state index in [-0.39, 0.29) is 24.4 Å². The van der Waals surface area contributed by atoms with E-state index in [9.17, 15) is 14.4 Å². The molecular formula is C19H24N2O4. The van der Waals surface area contributed by atoms with Gasteiger partial charge in [0.05, 0.1) is 0 Å². The Hall–Kier alpha value is -2.37. The number of ether oxygens (including phenoxy) is 1. The van der Waals surface area contributed by atoms with E-state index in [0.717, 1.165) is 12.3 Å². The number of amides is 2. The molecule has 0 aromatic heterocycles. The smallest absolute Gasteiger partial charge is 0.306 e. The fourth-order valence-corrected chi connectivity index (χ4v) is 4.09. The van der Waals surface area contributed by atoms with Crippen molar-refractivity contribution in [3.8, 4) is 0 Å². The lowest BCUT2D eigenvalue weighted by Gasteiger charge is -2.20. The molecule has 0 saturated heterocycles. The molecule has 0 unspecified atom stereocenters. The first-order chi connectivity index (χ1) is 12.0. The van der Waals surface area contributed by atoms with Gasteiger partial charge in [-0.25, -0.2) is 0 Å². The lowest BCUT2D eigenvalue weighted by molar-refractivity contribution is -0.148. The maximum atomic E-state index is 11.9. The normalized spacial score (nSPS) is 24.0. The Bertz CT molecular complexity index is 656. The first kappa shape index (κ1) is 17.5. The zero-order valence-electron chi connectivity index (χ0n) is 14.4. The van der Waals surface area contributed by atoms with Crippen LogP contribution in [0.3, 0.4) is 0 Å². The highest BCUT2D eigenvalue weighted by molar-refractivity contribution is 5.96. The standard InChI is InChI=1S/C19H24N2O4/c1-20-19(24)13-4-6-16(7-5-13)21-17(22)11-25-18(23)10-15-9-12-2-3-14(15)8-12/h4-7,12,14-15H,2-3,8-11H2,1H3,(H,20,24)(H,21,22)/t12-,14-,15+/m1/s1. The van der Waals surface area contributed by atoms with Gasteiger partial charge in [0.15, 0.2) is 6.61 Å². The van der Waals surface area contributed by atoms with Gasteiger partial charge in [0.2, 0.25) is 0 Å². The maximum Gasteiger partial charge on any atom is 0.306 e. The minimum absolute atomic E-state index is 0.188. The van der Waals surface area contributed by atoms with Gasteiger partial charge in [0.1, 0.15) is 0 Å². The molecule has 0 spiro atoms. The van der Waals surface area contributed by atoms with Crippen molar-refractivity contribution >= 4 is 23.5 Å². The summed E-state index contributed by atoms with van der Waals surface area (Å²) in [7, 11) is 1.56. The molecule has 1 aromatic rings. The van der Waals surface area contributed by atoms with E-state index in [0.29, 0.717) is 29.5 Å². The van der Waals surface area contributed by atoms with Crippen molar-refractivity contribution in [1.29, 1.82) is 0 Å². The molecule has 0 heterocycles. The Morgan fingerprint density at radius 3 is 2.48 bits per heavy atom. The van der Waals surface area contributed by atoms with Crippen molar-refractivity contribution < 1.29 is 19.1 Å². The summed E-state index contributed by atoms with van der Waals surface area (Å²) >= 11 is 0. The number of fused-ring (bicyclic) bond motifs is 2. The molecule has 25 heavy (non-hydrogen) atoms. The van der Waals surface area contributed by atoms with Gasteiger partial charge in [-0.1, -0.05) is 6.42 Å². The molecule has 6 nitrogen and oxygen atoms in total. The first-order valence-electron chi connectivity index (χ1n) is 8.82. The van der Waals surface area contributed by atoms with Crippen LogP contribution < -0.4 is 10.6 Å². The second-order valence-corrected chi connectivity index (χ2v) is 7.00. The third-order valence-corrected chi connectivity index (χ3v) is 5.34. The summed E-state index contributed by atoms with van der Waals surface area (Å²) < 4.78 is 5.11. The van der Waals surface area contributed by atoms with Crippen molar-refractivity contribution in [3.63, 3.8) is 0 Å². The molecule has 1 aromatic carbocycles. The number of hydrogen-bond acceptors (Lipinski definition) is 4. The van der Waals surface area contributed by atoms with Gasteiger partial charge >= 0.3 is 5.97 Å². The third kappa shape index (κ3) is 4.38. The average molecular weight is 344 g/mol. The van der Waals surface area contributed by atoms with Gasteiger partial charge in [0.25, 0.3) is 11.8 Å². The molecule has 2 aliphatic carbocycles. The molecule has 134 valence electrons. The second kappa shape index (κ2) is 7.68. The zero-order valence-corrected chi connectivity index (χ0v) is 14.4. The van der Waals surface area contributed by atoms with Gasteiger partial charge in [-0.05, 0) is 61.3 Å². The van der Waals surface area contributed by atoms with Crippen LogP contribution in [-0.4, -0.2) is 31.4 Å². The summed E-state index contributed by atoms with van der Waals surface area (Å²) in [5.41, 5.74) is 1.07. The quantitative estimate of drug-likeness (QED) is 0.776. The maximum absolute atomic E-state index is 11.9. The molecule has 6 heteroatoms. The van der Waals surface area contributed by atoms with Gasteiger partial charge < -0.3 is 15.4 Å². The van der Waals surface area contributed by atoms with Crippen LogP contribution >= 0.6 is 0 Å². The van der Waals surface area contributed by atoms with E-state index in [2.05, 4.69) is 10.6 Å². The molecule has 2 bridgehead atoms. The number of nitrogens with one attached hydrogen (secondary N) is 2. The molecule has 3 rings (SSSR count). The molecule has 0 aliphatic heterocycles. The molecule has 3 atom stereocenters. The number of rotatable bonds is 6. The van der Waals surface area contributed by atoms with Gasteiger partial charge in [0, 0.05) is 24.7 Å². The number of carbonyl (C=O) groups excluding carboxylic acids is 3. The van der Waals surface area contributed by atoms with Crippen molar-refractivity contribution in [2.24, 2.45) is 17.8 Å². The van der Waals surface area contributed by atoms with E-state index in [1.807, 2.05) is 0 Å². The van der Waals surface area contributed by atoms with E-state index in [1.165, 1.54) is 19.3 Å². The van der Waals surface area contributed by atoms with E-state index in [4.69, 9.17) is 4.74 Å². The minimum Gasteiger partial charge on any atom is -0.456 e. The van der Waals surface area contributed by atoms with Crippen molar-refractivity contribution in [2.45, 2.75) is 32.1 Å². The largest absolute Gasteiger partial charge is 0.456 e. The van der Waals surface area contributed by atoms with Crippen LogP contribution in [0.2, 0.25) is 0 Å². The highest BCUT2D eigenvalue weighted by Gasteiger charge is 2.40. The van der Waals surface area contributed by atoms with Crippen LogP contribution in [0.25, 0.3) is 0 Å². The van der Waals surface area contributed by atoms with E-state index < -0.39 is 0 Å². The Morgan fingerprint density at radius 1 is 1.12 bits per heavy atom. The van der Waals surface area contributed by atoms with Crippen LogP contribution in [0.1, 0.15) is 42.5 Å². The number of hydrogen-bond donors (Lipinski definition) is 2. The first-order valence-corrected chi connectivity index (χ1v) is 8.82. The highest BCUT2D eigenvalue weighted by Crippen LogP contribution is 2.49. The summed E-state index contributed by atoms with van der Waals surface area (Å²) in [4.78, 5) is 35.3. The van der Waals surface area contributed by atoms with Gasteiger partial charge in [-0.2, -0.15) is 0 Å². The summed E-state index contributed by atoms with van der Waals surface area (Å²) in [5, 5.41) is 5.18. The lowest BCUT2D eigenvalue weighted by Crippen LogP contribution is -2.23. The van der Waals surface area contributed by atoms with Crippen LogP contribution in [0.15, 0.2) is 24.3 Å². The zero-order chi connectivity index (χ0) is 17.8. The van der Waals surface area contributed by atoms with Gasteiger partial charge in [-0.3, -0.25) is 14.4 Å². The number of benzene rings is 1. The SMILES string of the molecule is CNC(=O)c1ccc(NC(=O)COC(=O)C[C@@H]2C[C@@H]3CC[C@@H]2C3)cc1.